The Morgan fingerprint density at radius 1 is 1.23 bits per heavy atom. The van der Waals surface area contributed by atoms with E-state index in [-0.39, 0.29) is 0 Å². The van der Waals surface area contributed by atoms with Gasteiger partial charge in [0.1, 0.15) is 11.6 Å². The number of benzene rings is 1. The van der Waals surface area contributed by atoms with E-state index in [1.54, 1.807) is 7.11 Å². The van der Waals surface area contributed by atoms with Crippen LogP contribution in [0.15, 0.2) is 24.3 Å². The molecule has 2 heterocycles. The van der Waals surface area contributed by atoms with Crippen molar-refractivity contribution in [3.05, 3.63) is 29.8 Å². The SMILES string of the molecule is COc1ccc2nc(N3CCCCC3)c(CCC#N)cc2c1. The van der Waals surface area contributed by atoms with Gasteiger partial charge in [-0.15, -0.1) is 0 Å². The van der Waals surface area contributed by atoms with Gasteiger partial charge in [-0.1, -0.05) is 0 Å². The van der Waals surface area contributed by atoms with Crippen molar-refractivity contribution in [3.8, 4) is 11.8 Å². The van der Waals surface area contributed by atoms with Gasteiger partial charge >= 0.3 is 0 Å². The van der Waals surface area contributed by atoms with Crippen LogP contribution in [0.25, 0.3) is 10.9 Å². The number of hydrogen-bond donors (Lipinski definition) is 0. The Morgan fingerprint density at radius 2 is 2.05 bits per heavy atom. The Bertz CT molecular complexity index is 699. The van der Waals surface area contributed by atoms with Crippen molar-refractivity contribution in [2.24, 2.45) is 0 Å². The van der Waals surface area contributed by atoms with Crippen LogP contribution < -0.4 is 9.64 Å². The average molecular weight is 295 g/mol. The molecule has 2 aromatic rings. The molecule has 1 aromatic carbocycles. The second-order valence-corrected chi connectivity index (χ2v) is 5.74. The standard InChI is InChI=1S/C18H21N3O/c1-22-16-7-8-17-15(13-16)12-14(6-5-9-19)18(20-17)21-10-3-2-4-11-21/h7-8,12-13H,2-6,10-11H2,1H3. The molecule has 1 saturated heterocycles. The van der Waals surface area contributed by atoms with Crippen LogP contribution >= 0.6 is 0 Å². The second-order valence-electron chi connectivity index (χ2n) is 5.74. The van der Waals surface area contributed by atoms with Gasteiger partial charge in [-0.25, -0.2) is 4.98 Å². The molecule has 1 aliphatic heterocycles. The van der Waals surface area contributed by atoms with Crippen LogP contribution in [-0.2, 0) is 6.42 Å². The fourth-order valence-electron chi connectivity index (χ4n) is 3.07. The van der Waals surface area contributed by atoms with Crippen LogP contribution in [0.5, 0.6) is 5.75 Å². The summed E-state index contributed by atoms with van der Waals surface area (Å²) in [5.41, 5.74) is 2.16. The summed E-state index contributed by atoms with van der Waals surface area (Å²) < 4.78 is 5.30. The Hall–Kier alpha value is -2.28. The number of hydrogen-bond acceptors (Lipinski definition) is 4. The molecule has 0 unspecified atom stereocenters. The molecule has 1 aliphatic rings. The van der Waals surface area contributed by atoms with Gasteiger partial charge in [0.25, 0.3) is 0 Å². The lowest BCUT2D eigenvalue weighted by atomic mass is 10.0. The van der Waals surface area contributed by atoms with Crippen LogP contribution in [0.4, 0.5) is 5.82 Å². The summed E-state index contributed by atoms with van der Waals surface area (Å²) in [5.74, 6) is 1.90. The number of rotatable bonds is 4. The summed E-state index contributed by atoms with van der Waals surface area (Å²) in [5, 5.41) is 10.00. The number of nitriles is 1. The minimum absolute atomic E-state index is 0.526. The molecule has 0 spiro atoms. The van der Waals surface area contributed by atoms with Gasteiger partial charge in [0.2, 0.25) is 0 Å². The van der Waals surface area contributed by atoms with E-state index in [1.165, 1.54) is 24.8 Å². The monoisotopic (exact) mass is 295 g/mol. The van der Waals surface area contributed by atoms with Gasteiger partial charge in [0.05, 0.1) is 18.7 Å². The van der Waals surface area contributed by atoms with E-state index >= 15 is 0 Å². The van der Waals surface area contributed by atoms with Crippen LogP contribution in [-0.4, -0.2) is 25.2 Å². The zero-order valence-electron chi connectivity index (χ0n) is 13.0. The lowest BCUT2D eigenvalue weighted by Crippen LogP contribution is -2.31. The zero-order valence-corrected chi connectivity index (χ0v) is 13.0. The summed E-state index contributed by atoms with van der Waals surface area (Å²) in [6.07, 6.45) is 5.02. The van der Waals surface area contributed by atoms with Gasteiger partial charge in [0.15, 0.2) is 0 Å². The lowest BCUT2D eigenvalue weighted by molar-refractivity contribution is 0.415. The summed E-state index contributed by atoms with van der Waals surface area (Å²) in [6.45, 7) is 2.13. The molecule has 114 valence electrons. The molecular formula is C18H21N3O. The van der Waals surface area contributed by atoms with Crippen LogP contribution in [0.1, 0.15) is 31.2 Å². The zero-order chi connectivity index (χ0) is 15.4. The molecule has 0 amide bonds. The molecule has 0 N–H and O–H groups in total. The third-order valence-electron chi connectivity index (χ3n) is 4.24. The molecule has 0 saturated carbocycles. The molecule has 3 rings (SSSR count). The molecule has 0 atom stereocenters. The Morgan fingerprint density at radius 3 is 2.77 bits per heavy atom. The number of fused-ring (bicyclic) bond motifs is 1. The van der Waals surface area contributed by atoms with E-state index in [1.807, 2.05) is 18.2 Å². The predicted molar refractivity (Wildman–Crippen MR) is 88.3 cm³/mol. The second kappa shape index (κ2) is 6.65. The maximum atomic E-state index is 8.92. The number of ether oxygens (including phenoxy) is 1. The van der Waals surface area contributed by atoms with Gasteiger partial charge < -0.3 is 9.64 Å². The first-order chi connectivity index (χ1) is 10.8. The first kappa shape index (κ1) is 14.6. The number of pyridine rings is 1. The number of aryl methyl sites for hydroxylation is 1. The van der Waals surface area contributed by atoms with E-state index in [0.29, 0.717) is 6.42 Å². The fourth-order valence-corrected chi connectivity index (χ4v) is 3.07. The highest BCUT2D eigenvalue weighted by molar-refractivity contribution is 5.83. The average Bonchev–Trinajstić information content (AvgIpc) is 2.59. The quantitative estimate of drug-likeness (QED) is 0.863. The molecular weight excluding hydrogens is 274 g/mol. The Balaban J connectivity index is 2.05. The van der Waals surface area contributed by atoms with Crippen molar-refractivity contribution in [2.45, 2.75) is 32.1 Å². The highest BCUT2D eigenvalue weighted by atomic mass is 16.5. The fraction of sp³-hybridized carbons (Fsp3) is 0.444. The van der Waals surface area contributed by atoms with E-state index in [9.17, 15) is 0 Å². The maximum absolute atomic E-state index is 8.92. The number of aromatic nitrogens is 1. The van der Waals surface area contributed by atoms with E-state index in [0.717, 1.165) is 42.0 Å². The largest absolute Gasteiger partial charge is 0.497 e. The predicted octanol–water partition coefficient (Wildman–Crippen LogP) is 3.69. The normalized spacial score (nSPS) is 14.8. The van der Waals surface area contributed by atoms with Crippen LogP contribution in [0.3, 0.4) is 0 Å². The maximum Gasteiger partial charge on any atom is 0.132 e. The highest BCUT2D eigenvalue weighted by Gasteiger charge is 2.17. The minimum atomic E-state index is 0.526. The van der Waals surface area contributed by atoms with Crippen molar-refractivity contribution in [2.75, 3.05) is 25.1 Å². The van der Waals surface area contributed by atoms with Crippen molar-refractivity contribution < 1.29 is 4.74 Å². The molecule has 4 nitrogen and oxygen atoms in total. The van der Waals surface area contributed by atoms with Crippen molar-refractivity contribution in [1.29, 1.82) is 5.26 Å². The minimum Gasteiger partial charge on any atom is -0.497 e. The van der Waals surface area contributed by atoms with Crippen molar-refractivity contribution in [1.82, 2.24) is 4.98 Å². The third-order valence-corrected chi connectivity index (χ3v) is 4.24. The van der Waals surface area contributed by atoms with Crippen LogP contribution in [0, 0.1) is 11.3 Å². The molecule has 0 bridgehead atoms. The topological polar surface area (TPSA) is 49.1 Å². The van der Waals surface area contributed by atoms with Gasteiger partial charge in [-0.05, 0) is 55.5 Å². The lowest BCUT2D eigenvalue weighted by Gasteiger charge is -2.29. The molecule has 1 fully saturated rings. The first-order valence-corrected chi connectivity index (χ1v) is 7.91. The molecule has 0 radical (unpaired) electrons. The van der Waals surface area contributed by atoms with E-state index < -0.39 is 0 Å². The summed E-state index contributed by atoms with van der Waals surface area (Å²) in [4.78, 5) is 7.26. The summed E-state index contributed by atoms with van der Waals surface area (Å²) in [6, 6.07) is 10.4. The smallest absolute Gasteiger partial charge is 0.132 e. The van der Waals surface area contributed by atoms with Crippen molar-refractivity contribution >= 4 is 16.7 Å². The Labute approximate surface area is 131 Å². The number of piperidine rings is 1. The molecule has 22 heavy (non-hydrogen) atoms. The van der Waals surface area contributed by atoms with Gasteiger partial charge in [0, 0.05) is 24.9 Å². The van der Waals surface area contributed by atoms with Crippen molar-refractivity contribution in [3.63, 3.8) is 0 Å². The van der Waals surface area contributed by atoms with E-state index in [2.05, 4.69) is 17.0 Å². The number of anilines is 1. The number of nitrogens with zero attached hydrogens (tertiary/aromatic N) is 3. The van der Waals surface area contributed by atoms with Crippen LogP contribution in [0.2, 0.25) is 0 Å². The molecule has 1 aromatic heterocycles. The summed E-state index contributed by atoms with van der Waals surface area (Å²) >= 11 is 0. The summed E-state index contributed by atoms with van der Waals surface area (Å²) in [7, 11) is 1.67. The third kappa shape index (κ3) is 2.99. The highest BCUT2D eigenvalue weighted by Crippen LogP contribution is 2.29. The van der Waals surface area contributed by atoms with Gasteiger partial charge in [-0.3, -0.25) is 0 Å². The Kier molecular flexibility index (Phi) is 4.43. The first-order valence-electron chi connectivity index (χ1n) is 7.91. The molecule has 0 aliphatic carbocycles. The van der Waals surface area contributed by atoms with Gasteiger partial charge in [-0.2, -0.15) is 5.26 Å². The number of methoxy groups -OCH3 is 1. The van der Waals surface area contributed by atoms with E-state index in [4.69, 9.17) is 15.0 Å². The molecule has 4 heteroatoms.